The average Bonchev–Trinajstić information content (AvgIpc) is 2.21. The molecule has 0 aromatic carbocycles. The van der Waals surface area contributed by atoms with Gasteiger partial charge in [-0.25, -0.2) is 0 Å². The summed E-state index contributed by atoms with van der Waals surface area (Å²) < 4.78 is 0. The minimum atomic E-state index is -0.323. The van der Waals surface area contributed by atoms with Gasteiger partial charge < -0.3 is 5.73 Å². The lowest BCUT2D eigenvalue weighted by molar-refractivity contribution is -0.115. The van der Waals surface area contributed by atoms with E-state index in [1.165, 1.54) is 0 Å². The number of likely N-dealkylation sites (tertiary alicyclic amines) is 1. The Morgan fingerprint density at radius 2 is 1.72 bits per heavy atom. The highest BCUT2D eigenvalue weighted by molar-refractivity contribution is 5.92. The van der Waals surface area contributed by atoms with Crippen LogP contribution < -0.4 is 5.73 Å². The van der Waals surface area contributed by atoms with Crippen molar-refractivity contribution in [3.8, 4) is 0 Å². The van der Waals surface area contributed by atoms with Crippen LogP contribution >= 0.6 is 0 Å². The highest BCUT2D eigenvalue weighted by atomic mass is 16.1. The van der Waals surface area contributed by atoms with Crippen molar-refractivity contribution >= 4 is 5.91 Å². The maximum absolute atomic E-state index is 11.6. The van der Waals surface area contributed by atoms with Crippen molar-refractivity contribution in [2.75, 3.05) is 7.05 Å². The quantitative estimate of drug-likeness (QED) is 0.618. The molecule has 1 saturated heterocycles. The van der Waals surface area contributed by atoms with E-state index in [2.05, 4.69) is 46.2 Å². The minimum absolute atomic E-state index is 0.0577. The Morgan fingerprint density at radius 1 is 1.28 bits per heavy atom. The summed E-state index contributed by atoms with van der Waals surface area (Å²) in [7, 11) is 2.15. The second-order valence-electron chi connectivity index (χ2n) is 6.51. The third-order valence-electron chi connectivity index (χ3n) is 4.33. The molecule has 1 fully saturated rings. The maximum Gasteiger partial charge on any atom is 0.244 e. The number of piperidine rings is 1. The molecule has 1 aliphatic rings. The summed E-state index contributed by atoms with van der Waals surface area (Å²) >= 11 is 0. The van der Waals surface area contributed by atoms with Gasteiger partial charge in [0.2, 0.25) is 5.91 Å². The van der Waals surface area contributed by atoms with Gasteiger partial charge in [0.25, 0.3) is 0 Å². The molecule has 1 amide bonds. The molecule has 1 heterocycles. The van der Waals surface area contributed by atoms with Crippen LogP contribution in [0.25, 0.3) is 0 Å². The number of primary amides is 1. The van der Waals surface area contributed by atoms with Crippen LogP contribution in [0, 0.1) is 5.92 Å². The van der Waals surface area contributed by atoms with E-state index in [1.54, 1.807) is 12.2 Å². The standard InChI is InChI=1S/C15H26N2O/c1-7-8-12(13(16)18)11-9-14(2,3)17(6)15(4,5)10-11/h7-8,11H,1,9-10H2,2-6H3,(H2,16,18). The van der Waals surface area contributed by atoms with Crippen molar-refractivity contribution in [1.82, 2.24) is 4.90 Å². The molecule has 0 radical (unpaired) electrons. The molecule has 0 atom stereocenters. The SMILES string of the molecule is C=CC=C(C(N)=O)C1CC(C)(C)N(C)C(C)(C)C1. The van der Waals surface area contributed by atoms with E-state index in [0.29, 0.717) is 5.57 Å². The van der Waals surface area contributed by atoms with Crippen molar-refractivity contribution in [3.05, 3.63) is 24.3 Å². The summed E-state index contributed by atoms with van der Waals surface area (Å²) in [6.45, 7) is 12.5. The summed E-state index contributed by atoms with van der Waals surface area (Å²) in [4.78, 5) is 14.0. The van der Waals surface area contributed by atoms with Gasteiger partial charge in [0.1, 0.15) is 0 Å². The van der Waals surface area contributed by atoms with Gasteiger partial charge in [-0.15, -0.1) is 0 Å². The lowest BCUT2D eigenvalue weighted by Gasteiger charge is -2.54. The van der Waals surface area contributed by atoms with Gasteiger partial charge in [-0.2, -0.15) is 0 Å². The summed E-state index contributed by atoms with van der Waals surface area (Å²) in [6, 6.07) is 0. The Kier molecular flexibility index (Phi) is 4.06. The number of carbonyl (C=O) groups excluding carboxylic acids is 1. The molecule has 0 bridgehead atoms. The maximum atomic E-state index is 11.6. The van der Waals surface area contributed by atoms with Crippen molar-refractivity contribution in [3.63, 3.8) is 0 Å². The number of nitrogens with two attached hydrogens (primary N) is 1. The van der Waals surface area contributed by atoms with Gasteiger partial charge in [-0.1, -0.05) is 18.7 Å². The molecular weight excluding hydrogens is 224 g/mol. The van der Waals surface area contributed by atoms with Crippen LogP contribution in [0.1, 0.15) is 40.5 Å². The molecular formula is C15H26N2O. The Morgan fingerprint density at radius 3 is 2.06 bits per heavy atom. The molecule has 1 rings (SSSR count). The van der Waals surface area contributed by atoms with E-state index in [0.717, 1.165) is 12.8 Å². The minimum Gasteiger partial charge on any atom is -0.366 e. The van der Waals surface area contributed by atoms with Crippen molar-refractivity contribution in [1.29, 1.82) is 0 Å². The lowest BCUT2D eigenvalue weighted by Crippen LogP contribution is -2.59. The van der Waals surface area contributed by atoms with E-state index >= 15 is 0 Å². The van der Waals surface area contributed by atoms with Crippen LogP contribution in [0.3, 0.4) is 0 Å². The predicted octanol–water partition coefficient (Wildman–Crippen LogP) is 2.48. The van der Waals surface area contributed by atoms with Crippen molar-refractivity contribution < 1.29 is 4.79 Å². The molecule has 0 aromatic rings. The zero-order valence-corrected chi connectivity index (χ0v) is 12.3. The number of amides is 1. The number of hydrogen-bond acceptors (Lipinski definition) is 2. The third-order valence-corrected chi connectivity index (χ3v) is 4.33. The van der Waals surface area contributed by atoms with Crippen LogP contribution in [0.15, 0.2) is 24.3 Å². The van der Waals surface area contributed by atoms with Gasteiger partial charge in [0, 0.05) is 16.7 Å². The normalized spacial score (nSPS) is 24.8. The Labute approximate surface area is 111 Å². The number of allylic oxidation sites excluding steroid dienone is 2. The fourth-order valence-electron chi connectivity index (χ4n) is 3.14. The highest BCUT2D eigenvalue weighted by Gasteiger charge is 2.44. The number of hydrogen-bond donors (Lipinski definition) is 1. The van der Waals surface area contributed by atoms with E-state index in [9.17, 15) is 4.79 Å². The summed E-state index contributed by atoms with van der Waals surface area (Å²) in [5.74, 6) is -0.113. The monoisotopic (exact) mass is 250 g/mol. The van der Waals surface area contributed by atoms with Gasteiger partial charge in [-0.05, 0) is 53.5 Å². The molecule has 18 heavy (non-hydrogen) atoms. The van der Waals surface area contributed by atoms with E-state index in [-0.39, 0.29) is 22.9 Å². The van der Waals surface area contributed by atoms with Crippen molar-refractivity contribution in [2.24, 2.45) is 11.7 Å². The van der Waals surface area contributed by atoms with Crippen LogP contribution in [0.2, 0.25) is 0 Å². The molecule has 0 unspecified atom stereocenters. The van der Waals surface area contributed by atoms with Crippen LogP contribution in [-0.4, -0.2) is 28.9 Å². The summed E-state index contributed by atoms with van der Waals surface area (Å²) in [5, 5.41) is 0. The smallest absolute Gasteiger partial charge is 0.244 e. The molecule has 3 heteroatoms. The summed E-state index contributed by atoms with van der Waals surface area (Å²) in [5.41, 5.74) is 6.32. The third kappa shape index (κ3) is 2.83. The molecule has 102 valence electrons. The Bertz CT molecular complexity index is 362. The zero-order valence-electron chi connectivity index (χ0n) is 12.3. The van der Waals surface area contributed by atoms with Gasteiger partial charge in [0.15, 0.2) is 0 Å². The molecule has 0 saturated carbocycles. The molecule has 0 aliphatic carbocycles. The number of nitrogens with zero attached hydrogens (tertiary/aromatic N) is 1. The molecule has 1 aliphatic heterocycles. The first-order valence-corrected chi connectivity index (χ1v) is 6.48. The average molecular weight is 250 g/mol. The largest absolute Gasteiger partial charge is 0.366 e. The second kappa shape index (κ2) is 4.88. The highest BCUT2D eigenvalue weighted by Crippen LogP contribution is 2.42. The first kappa shape index (κ1) is 15.0. The first-order chi connectivity index (χ1) is 8.12. The molecule has 0 spiro atoms. The lowest BCUT2D eigenvalue weighted by atomic mass is 9.71. The van der Waals surface area contributed by atoms with Gasteiger partial charge in [0.05, 0.1) is 0 Å². The van der Waals surface area contributed by atoms with Crippen molar-refractivity contribution in [2.45, 2.75) is 51.6 Å². The fourth-order valence-corrected chi connectivity index (χ4v) is 3.14. The number of carbonyl (C=O) groups is 1. The fraction of sp³-hybridized carbons (Fsp3) is 0.667. The predicted molar refractivity (Wildman–Crippen MR) is 76.1 cm³/mol. The molecule has 0 aromatic heterocycles. The summed E-state index contributed by atoms with van der Waals surface area (Å²) in [6.07, 6.45) is 5.30. The second-order valence-corrected chi connectivity index (χ2v) is 6.51. The first-order valence-electron chi connectivity index (χ1n) is 6.48. The van der Waals surface area contributed by atoms with Crippen LogP contribution in [0.4, 0.5) is 0 Å². The molecule has 2 N–H and O–H groups in total. The Balaban J connectivity index is 3.09. The van der Waals surface area contributed by atoms with Crippen LogP contribution in [-0.2, 0) is 4.79 Å². The van der Waals surface area contributed by atoms with Crippen LogP contribution in [0.5, 0.6) is 0 Å². The van der Waals surface area contributed by atoms with E-state index in [4.69, 9.17) is 5.73 Å². The topological polar surface area (TPSA) is 46.3 Å². The number of rotatable bonds is 3. The zero-order chi connectivity index (χ0) is 14.1. The van der Waals surface area contributed by atoms with E-state index < -0.39 is 0 Å². The van der Waals surface area contributed by atoms with Gasteiger partial charge >= 0.3 is 0 Å². The Hall–Kier alpha value is -1.09. The molecule has 3 nitrogen and oxygen atoms in total. The van der Waals surface area contributed by atoms with E-state index in [1.807, 2.05) is 0 Å². The van der Waals surface area contributed by atoms with Gasteiger partial charge in [-0.3, -0.25) is 9.69 Å².